The van der Waals surface area contributed by atoms with Crippen molar-refractivity contribution in [2.75, 3.05) is 5.32 Å². The highest BCUT2D eigenvalue weighted by Crippen LogP contribution is 2.25. The van der Waals surface area contributed by atoms with Crippen LogP contribution in [0.1, 0.15) is 36.1 Å². The maximum absolute atomic E-state index is 12.3. The van der Waals surface area contributed by atoms with Crippen molar-refractivity contribution in [2.45, 2.75) is 38.6 Å². The largest absolute Gasteiger partial charge is 0.392 e. The molecule has 124 valence electrons. The van der Waals surface area contributed by atoms with E-state index in [9.17, 15) is 18.3 Å². The van der Waals surface area contributed by atoms with Crippen molar-refractivity contribution in [3.63, 3.8) is 0 Å². The summed E-state index contributed by atoms with van der Waals surface area (Å²) >= 11 is 0. The van der Waals surface area contributed by atoms with Gasteiger partial charge in [-0.1, -0.05) is 36.4 Å². The first-order chi connectivity index (χ1) is 10.9. The topological polar surface area (TPSA) is 32.3 Å². The number of aliphatic hydroxyl groups excluding tert-OH is 1. The first kappa shape index (κ1) is 17.3. The Hall–Kier alpha value is -2.01. The van der Waals surface area contributed by atoms with E-state index in [0.29, 0.717) is 5.56 Å². The van der Waals surface area contributed by atoms with Crippen molar-refractivity contribution in [1.82, 2.24) is 0 Å². The van der Waals surface area contributed by atoms with E-state index in [1.807, 2.05) is 37.3 Å². The van der Waals surface area contributed by atoms with Crippen molar-refractivity contribution < 1.29 is 18.3 Å². The van der Waals surface area contributed by atoms with Crippen LogP contribution >= 0.6 is 0 Å². The van der Waals surface area contributed by atoms with Gasteiger partial charge in [0.25, 0.3) is 0 Å². The summed E-state index contributed by atoms with van der Waals surface area (Å²) in [7, 11) is 0. The van der Waals surface area contributed by atoms with E-state index < -0.39 is 12.6 Å². The minimum absolute atomic E-state index is 0.0145. The molecule has 0 heterocycles. The summed E-state index contributed by atoms with van der Waals surface area (Å²) in [6, 6.07) is 14.6. The number of alkyl halides is 3. The Kier molecular flexibility index (Phi) is 5.66. The summed E-state index contributed by atoms with van der Waals surface area (Å²) in [6.07, 6.45) is -4.97. The predicted octanol–water partition coefficient (Wildman–Crippen LogP) is 4.85. The number of hydrogen-bond donors (Lipinski definition) is 2. The molecule has 0 bridgehead atoms. The molecule has 0 amide bonds. The quantitative estimate of drug-likeness (QED) is 0.797. The van der Waals surface area contributed by atoms with E-state index in [4.69, 9.17) is 0 Å². The second kappa shape index (κ2) is 7.51. The lowest BCUT2D eigenvalue weighted by molar-refractivity contribution is -0.133. The first-order valence-corrected chi connectivity index (χ1v) is 7.49. The number of halogens is 3. The summed E-state index contributed by atoms with van der Waals surface area (Å²) in [4.78, 5) is 0. The van der Waals surface area contributed by atoms with Gasteiger partial charge >= 0.3 is 6.18 Å². The van der Waals surface area contributed by atoms with E-state index in [0.717, 1.165) is 16.8 Å². The number of aliphatic hydroxyl groups is 1. The number of anilines is 1. The number of aryl methyl sites for hydroxylation is 1. The standard InChI is InChI=1S/C18H20F3NO/c1-13(16-6-2-5-15(10-16)12-23)22-17-7-3-4-14(11-17)8-9-18(19,20)21/h2-7,10-11,13,22-23H,8-9,12H2,1H3. The van der Waals surface area contributed by atoms with Gasteiger partial charge in [-0.05, 0) is 42.2 Å². The molecular formula is C18H20F3NO. The van der Waals surface area contributed by atoms with Gasteiger partial charge in [0.05, 0.1) is 6.61 Å². The van der Waals surface area contributed by atoms with E-state index >= 15 is 0 Å². The van der Waals surface area contributed by atoms with Crippen LogP contribution in [-0.2, 0) is 13.0 Å². The van der Waals surface area contributed by atoms with Crippen LogP contribution in [0.3, 0.4) is 0 Å². The molecule has 2 nitrogen and oxygen atoms in total. The van der Waals surface area contributed by atoms with E-state index in [1.54, 1.807) is 18.2 Å². The molecule has 0 spiro atoms. The number of rotatable bonds is 6. The fourth-order valence-corrected chi connectivity index (χ4v) is 2.40. The minimum Gasteiger partial charge on any atom is -0.392 e. The first-order valence-electron chi connectivity index (χ1n) is 7.49. The van der Waals surface area contributed by atoms with Crippen LogP contribution in [0.5, 0.6) is 0 Å². The van der Waals surface area contributed by atoms with Crippen molar-refractivity contribution in [2.24, 2.45) is 0 Å². The fourth-order valence-electron chi connectivity index (χ4n) is 2.40. The molecule has 0 fully saturated rings. The van der Waals surface area contributed by atoms with Gasteiger partial charge in [0.1, 0.15) is 0 Å². The Labute approximate surface area is 134 Å². The van der Waals surface area contributed by atoms with Gasteiger partial charge in [-0.2, -0.15) is 13.2 Å². The predicted molar refractivity (Wildman–Crippen MR) is 85.2 cm³/mol. The molecule has 2 N–H and O–H groups in total. The summed E-state index contributed by atoms with van der Waals surface area (Å²) in [6.45, 7) is 1.95. The second-order valence-electron chi connectivity index (χ2n) is 5.58. The van der Waals surface area contributed by atoms with Crippen LogP contribution in [0, 0.1) is 0 Å². The highest BCUT2D eigenvalue weighted by Gasteiger charge is 2.26. The van der Waals surface area contributed by atoms with Gasteiger partial charge in [0.15, 0.2) is 0 Å². The molecule has 1 atom stereocenters. The Morgan fingerprint density at radius 1 is 1.04 bits per heavy atom. The lowest BCUT2D eigenvalue weighted by Crippen LogP contribution is -2.09. The minimum atomic E-state index is -4.14. The molecule has 0 aromatic heterocycles. The molecule has 1 unspecified atom stereocenters. The van der Waals surface area contributed by atoms with E-state index in [1.165, 1.54) is 0 Å². The highest BCUT2D eigenvalue weighted by molar-refractivity contribution is 5.48. The molecule has 0 saturated carbocycles. The van der Waals surface area contributed by atoms with Crippen LogP contribution in [0.4, 0.5) is 18.9 Å². The molecule has 5 heteroatoms. The lowest BCUT2D eigenvalue weighted by Gasteiger charge is -2.17. The summed E-state index contributed by atoms with van der Waals surface area (Å²) in [5.41, 5.74) is 3.28. The zero-order chi connectivity index (χ0) is 16.9. The van der Waals surface area contributed by atoms with Crippen LogP contribution < -0.4 is 5.32 Å². The van der Waals surface area contributed by atoms with Gasteiger partial charge in [0.2, 0.25) is 0 Å². The molecule has 2 rings (SSSR count). The maximum Gasteiger partial charge on any atom is 0.389 e. The van der Waals surface area contributed by atoms with E-state index in [-0.39, 0.29) is 19.1 Å². The summed E-state index contributed by atoms with van der Waals surface area (Å²) < 4.78 is 36.9. The Morgan fingerprint density at radius 3 is 2.43 bits per heavy atom. The third-order valence-electron chi connectivity index (χ3n) is 3.64. The van der Waals surface area contributed by atoms with Gasteiger partial charge in [-0.3, -0.25) is 0 Å². The SMILES string of the molecule is CC(Nc1cccc(CCC(F)(F)F)c1)c1cccc(CO)c1. The van der Waals surface area contributed by atoms with Crippen LogP contribution in [0.15, 0.2) is 48.5 Å². The van der Waals surface area contributed by atoms with Crippen molar-refractivity contribution in [3.05, 3.63) is 65.2 Å². The van der Waals surface area contributed by atoms with E-state index in [2.05, 4.69) is 5.32 Å². The molecule has 0 aliphatic rings. The van der Waals surface area contributed by atoms with Gasteiger partial charge in [0, 0.05) is 18.2 Å². The molecule has 2 aromatic carbocycles. The van der Waals surface area contributed by atoms with Gasteiger partial charge in [-0.15, -0.1) is 0 Å². The zero-order valence-electron chi connectivity index (χ0n) is 12.9. The smallest absolute Gasteiger partial charge is 0.389 e. The summed E-state index contributed by atoms with van der Waals surface area (Å²) in [5.74, 6) is 0. The van der Waals surface area contributed by atoms with Crippen LogP contribution in [-0.4, -0.2) is 11.3 Å². The average molecular weight is 323 g/mol. The van der Waals surface area contributed by atoms with Gasteiger partial charge < -0.3 is 10.4 Å². The third kappa shape index (κ3) is 5.60. The fraction of sp³-hybridized carbons (Fsp3) is 0.333. The monoisotopic (exact) mass is 323 g/mol. The lowest BCUT2D eigenvalue weighted by atomic mass is 10.0. The maximum atomic E-state index is 12.3. The van der Waals surface area contributed by atoms with Crippen LogP contribution in [0.2, 0.25) is 0 Å². The molecule has 2 aromatic rings. The average Bonchev–Trinajstić information content (AvgIpc) is 2.53. The van der Waals surface area contributed by atoms with Crippen molar-refractivity contribution >= 4 is 5.69 Å². The number of benzene rings is 2. The molecule has 0 saturated heterocycles. The molecular weight excluding hydrogens is 303 g/mol. The van der Waals surface area contributed by atoms with Crippen molar-refractivity contribution in [3.8, 4) is 0 Å². The third-order valence-corrected chi connectivity index (χ3v) is 3.64. The highest BCUT2D eigenvalue weighted by atomic mass is 19.4. The van der Waals surface area contributed by atoms with Crippen LogP contribution in [0.25, 0.3) is 0 Å². The Bertz CT molecular complexity index is 640. The number of nitrogens with one attached hydrogen (secondary N) is 1. The van der Waals surface area contributed by atoms with Gasteiger partial charge in [-0.25, -0.2) is 0 Å². The Balaban J connectivity index is 2.04. The zero-order valence-corrected chi connectivity index (χ0v) is 12.9. The van der Waals surface area contributed by atoms with Crippen molar-refractivity contribution in [1.29, 1.82) is 0 Å². The Morgan fingerprint density at radius 2 is 1.74 bits per heavy atom. The molecule has 0 radical (unpaired) electrons. The number of hydrogen-bond acceptors (Lipinski definition) is 2. The second-order valence-corrected chi connectivity index (χ2v) is 5.58. The molecule has 23 heavy (non-hydrogen) atoms. The normalized spacial score (nSPS) is 12.9. The summed E-state index contributed by atoms with van der Waals surface area (Å²) in [5, 5.41) is 12.5. The molecule has 0 aliphatic heterocycles. The molecule has 0 aliphatic carbocycles.